The van der Waals surface area contributed by atoms with E-state index in [1.807, 2.05) is 12.1 Å². The summed E-state index contributed by atoms with van der Waals surface area (Å²) in [5.41, 5.74) is 1.91. The van der Waals surface area contributed by atoms with Crippen molar-refractivity contribution >= 4 is 35.5 Å². The molecule has 160 valence electrons. The van der Waals surface area contributed by atoms with Crippen LogP contribution in [0.15, 0.2) is 48.5 Å². The molecule has 2 heterocycles. The van der Waals surface area contributed by atoms with E-state index in [2.05, 4.69) is 5.32 Å². The molecule has 1 fully saturated rings. The van der Waals surface area contributed by atoms with Crippen molar-refractivity contribution in [2.75, 3.05) is 12.9 Å². The topological polar surface area (TPSA) is 113 Å². The smallest absolute Gasteiger partial charge is 0.327 e. The average molecular weight is 440 g/mol. The number of aliphatic carboxylic acids is 1. The molecular formula is C22H20N2O6S. The summed E-state index contributed by atoms with van der Waals surface area (Å²) in [6, 6.07) is 11.7. The highest BCUT2D eigenvalue weighted by Crippen LogP contribution is 2.36. The molecule has 9 heteroatoms. The van der Waals surface area contributed by atoms with Gasteiger partial charge in [-0.1, -0.05) is 36.4 Å². The van der Waals surface area contributed by atoms with E-state index < -0.39 is 29.9 Å². The highest BCUT2D eigenvalue weighted by Gasteiger charge is 2.43. The first kappa shape index (κ1) is 21.1. The van der Waals surface area contributed by atoms with Crippen molar-refractivity contribution in [1.29, 1.82) is 0 Å². The van der Waals surface area contributed by atoms with Crippen LogP contribution >= 0.6 is 11.8 Å². The van der Waals surface area contributed by atoms with Gasteiger partial charge in [-0.15, -0.1) is 11.8 Å². The number of imide groups is 1. The Kier molecular flexibility index (Phi) is 5.79. The van der Waals surface area contributed by atoms with E-state index in [0.717, 1.165) is 10.5 Å². The minimum absolute atomic E-state index is 0.0430. The summed E-state index contributed by atoms with van der Waals surface area (Å²) in [7, 11) is 1.33. The van der Waals surface area contributed by atoms with Crippen LogP contribution in [0.2, 0.25) is 0 Å². The van der Waals surface area contributed by atoms with Crippen molar-refractivity contribution in [1.82, 2.24) is 10.2 Å². The van der Waals surface area contributed by atoms with E-state index in [1.165, 1.54) is 31.0 Å². The molecule has 1 saturated heterocycles. The molecule has 0 aliphatic carbocycles. The molecule has 3 atom stereocenters. The Bertz CT molecular complexity index is 1040. The molecule has 31 heavy (non-hydrogen) atoms. The molecule has 2 aromatic carbocycles. The van der Waals surface area contributed by atoms with Gasteiger partial charge in [0.15, 0.2) is 0 Å². The Hall–Kier alpha value is -3.17. The molecule has 0 spiro atoms. The van der Waals surface area contributed by atoms with E-state index in [0.29, 0.717) is 11.3 Å². The van der Waals surface area contributed by atoms with Crippen LogP contribution in [0.25, 0.3) is 0 Å². The predicted octanol–water partition coefficient (Wildman–Crippen LogP) is 1.86. The summed E-state index contributed by atoms with van der Waals surface area (Å²) >= 11 is 1.51. The van der Waals surface area contributed by atoms with Crippen LogP contribution < -0.4 is 5.32 Å². The Balaban J connectivity index is 1.61. The summed E-state index contributed by atoms with van der Waals surface area (Å²) in [6.07, 6.45) is -0.0430. The number of hydrogen-bond donors (Lipinski definition) is 2. The second-order valence-electron chi connectivity index (χ2n) is 7.24. The van der Waals surface area contributed by atoms with E-state index in [1.54, 1.807) is 24.3 Å². The number of esters is 1. The van der Waals surface area contributed by atoms with Crippen LogP contribution in [-0.2, 0) is 20.7 Å². The zero-order valence-electron chi connectivity index (χ0n) is 16.6. The lowest BCUT2D eigenvalue weighted by Gasteiger charge is -2.24. The van der Waals surface area contributed by atoms with Crippen molar-refractivity contribution in [3.8, 4) is 0 Å². The average Bonchev–Trinajstić information content (AvgIpc) is 3.36. The first-order valence-corrected chi connectivity index (χ1v) is 10.7. The highest BCUT2D eigenvalue weighted by atomic mass is 32.2. The quantitative estimate of drug-likeness (QED) is 0.517. The number of ether oxygens (including phenoxy) is 1. The van der Waals surface area contributed by atoms with Gasteiger partial charge in [0.25, 0.3) is 11.8 Å². The van der Waals surface area contributed by atoms with Gasteiger partial charge in [0.2, 0.25) is 0 Å². The van der Waals surface area contributed by atoms with Gasteiger partial charge in [0.1, 0.15) is 12.1 Å². The number of fused-ring (bicyclic) bond motifs is 1. The predicted molar refractivity (Wildman–Crippen MR) is 113 cm³/mol. The van der Waals surface area contributed by atoms with Crippen LogP contribution in [0.5, 0.6) is 0 Å². The number of amides is 2. The largest absolute Gasteiger partial charge is 0.480 e. The Labute approximate surface area is 182 Å². The number of carboxylic acid groups (broad SMARTS) is 1. The SMILES string of the molecule is COC(=O)[C@@H]1CSC(c2ccccc2C[C@@H](C(=O)O)N2C(=O)c3ccccc3C2=O)N1. The molecule has 2 aliphatic heterocycles. The molecule has 8 nitrogen and oxygen atoms in total. The van der Waals surface area contributed by atoms with E-state index in [9.17, 15) is 24.3 Å². The fraction of sp³-hybridized carbons (Fsp3) is 0.273. The maximum Gasteiger partial charge on any atom is 0.327 e. The lowest BCUT2D eigenvalue weighted by Crippen LogP contribution is -2.46. The number of carbonyl (C=O) groups is 4. The summed E-state index contributed by atoms with van der Waals surface area (Å²) in [5, 5.41) is 12.8. The van der Waals surface area contributed by atoms with E-state index in [4.69, 9.17) is 4.74 Å². The molecule has 1 unspecified atom stereocenters. The Morgan fingerprint density at radius 2 is 1.74 bits per heavy atom. The number of benzene rings is 2. The van der Waals surface area contributed by atoms with Gasteiger partial charge in [-0.3, -0.25) is 24.6 Å². The molecule has 2 aromatic rings. The fourth-order valence-corrected chi connectivity index (χ4v) is 5.18. The van der Waals surface area contributed by atoms with Crippen molar-refractivity contribution in [2.45, 2.75) is 23.9 Å². The third-order valence-electron chi connectivity index (χ3n) is 5.44. The third kappa shape index (κ3) is 3.82. The number of thioether (sulfide) groups is 1. The van der Waals surface area contributed by atoms with Crippen LogP contribution in [0.4, 0.5) is 0 Å². The summed E-state index contributed by atoms with van der Waals surface area (Å²) in [6.45, 7) is 0. The second kappa shape index (κ2) is 8.52. The summed E-state index contributed by atoms with van der Waals surface area (Å²) < 4.78 is 4.79. The van der Waals surface area contributed by atoms with Gasteiger partial charge in [0.05, 0.1) is 23.6 Å². The van der Waals surface area contributed by atoms with Crippen LogP contribution in [-0.4, -0.2) is 58.7 Å². The number of carboxylic acids is 1. The number of methoxy groups -OCH3 is 1. The lowest BCUT2D eigenvalue weighted by molar-refractivity contribution is -0.142. The number of nitrogens with one attached hydrogen (secondary N) is 1. The molecule has 2 aliphatic rings. The van der Waals surface area contributed by atoms with Gasteiger partial charge in [-0.05, 0) is 23.3 Å². The lowest BCUT2D eigenvalue weighted by atomic mass is 9.98. The van der Waals surface area contributed by atoms with Crippen molar-refractivity contribution in [3.63, 3.8) is 0 Å². The molecule has 2 N–H and O–H groups in total. The number of nitrogens with zero attached hydrogens (tertiary/aromatic N) is 1. The molecule has 0 bridgehead atoms. The second-order valence-corrected chi connectivity index (χ2v) is 8.38. The molecular weight excluding hydrogens is 420 g/mol. The molecule has 0 aromatic heterocycles. The monoisotopic (exact) mass is 440 g/mol. The Morgan fingerprint density at radius 3 is 2.35 bits per heavy atom. The first-order valence-electron chi connectivity index (χ1n) is 9.65. The minimum atomic E-state index is -1.35. The standard InChI is InChI=1S/C22H20N2O6S/c1-30-22(29)16-11-31-18(23-16)13-7-3-2-6-12(13)10-17(21(27)28)24-19(25)14-8-4-5-9-15(14)20(24)26/h2-9,16-18,23H,10-11H2,1H3,(H,27,28)/t16-,17-,18?/m0/s1. The van der Waals surface area contributed by atoms with Crippen LogP contribution in [0.1, 0.15) is 37.2 Å². The van der Waals surface area contributed by atoms with Gasteiger partial charge < -0.3 is 9.84 Å². The maximum atomic E-state index is 12.8. The van der Waals surface area contributed by atoms with E-state index in [-0.39, 0.29) is 28.9 Å². The van der Waals surface area contributed by atoms with E-state index >= 15 is 0 Å². The number of carbonyl (C=O) groups excluding carboxylic acids is 3. The normalized spacial score (nSPS) is 21.1. The molecule has 2 amide bonds. The number of rotatable bonds is 6. The van der Waals surface area contributed by atoms with Gasteiger partial charge in [-0.25, -0.2) is 4.79 Å². The van der Waals surface area contributed by atoms with Crippen molar-refractivity contribution < 1.29 is 29.0 Å². The zero-order chi connectivity index (χ0) is 22.1. The Morgan fingerprint density at radius 1 is 1.13 bits per heavy atom. The minimum Gasteiger partial charge on any atom is -0.480 e. The third-order valence-corrected chi connectivity index (χ3v) is 6.69. The molecule has 0 saturated carbocycles. The van der Waals surface area contributed by atoms with Crippen molar-refractivity contribution in [3.05, 3.63) is 70.8 Å². The first-order chi connectivity index (χ1) is 14.9. The maximum absolute atomic E-state index is 12.8. The zero-order valence-corrected chi connectivity index (χ0v) is 17.4. The van der Waals surface area contributed by atoms with Gasteiger partial charge in [-0.2, -0.15) is 0 Å². The highest BCUT2D eigenvalue weighted by molar-refractivity contribution is 7.99. The molecule has 4 rings (SSSR count). The van der Waals surface area contributed by atoms with Crippen molar-refractivity contribution in [2.24, 2.45) is 0 Å². The fourth-order valence-electron chi connectivity index (χ4n) is 3.89. The van der Waals surface area contributed by atoms with Crippen LogP contribution in [0, 0.1) is 0 Å². The number of hydrogen-bond acceptors (Lipinski definition) is 7. The molecule has 0 radical (unpaired) electrons. The summed E-state index contributed by atoms with van der Waals surface area (Å²) in [4.78, 5) is 50.4. The van der Waals surface area contributed by atoms with Gasteiger partial charge >= 0.3 is 11.9 Å². The van der Waals surface area contributed by atoms with Gasteiger partial charge in [0, 0.05) is 12.2 Å². The van der Waals surface area contributed by atoms with Crippen LogP contribution in [0.3, 0.4) is 0 Å². The summed E-state index contributed by atoms with van der Waals surface area (Å²) in [5.74, 6) is -2.31.